The van der Waals surface area contributed by atoms with Crippen LogP contribution in [-0.4, -0.2) is 60.2 Å². The molecule has 1 spiro atoms. The molecule has 0 amide bonds. The number of nitrogens with one attached hydrogen (secondary N) is 2. The maximum absolute atomic E-state index is 13.9. The lowest BCUT2D eigenvalue weighted by atomic mass is 9.78. The molecule has 1 unspecified atom stereocenters. The summed E-state index contributed by atoms with van der Waals surface area (Å²) in [7, 11) is 0. The van der Waals surface area contributed by atoms with Gasteiger partial charge >= 0.3 is 0 Å². The van der Waals surface area contributed by atoms with E-state index in [1.54, 1.807) is 12.3 Å². The van der Waals surface area contributed by atoms with E-state index in [-0.39, 0.29) is 6.54 Å². The molecule has 0 bridgehead atoms. The van der Waals surface area contributed by atoms with Crippen molar-refractivity contribution < 1.29 is 8.78 Å². The molecular formula is C24H32F2N6. The van der Waals surface area contributed by atoms with Gasteiger partial charge in [0.15, 0.2) is 0 Å². The van der Waals surface area contributed by atoms with Crippen LogP contribution >= 0.6 is 0 Å². The zero-order valence-corrected chi connectivity index (χ0v) is 18.5. The molecule has 3 fully saturated rings. The first kappa shape index (κ1) is 21.5. The topological polar surface area (TPSA) is 56.3 Å². The van der Waals surface area contributed by atoms with Gasteiger partial charge in [-0.25, -0.2) is 13.8 Å². The lowest BCUT2D eigenvalue weighted by Gasteiger charge is -2.39. The summed E-state index contributed by atoms with van der Waals surface area (Å²) in [6, 6.07) is 6.08. The zero-order valence-electron chi connectivity index (χ0n) is 18.5. The van der Waals surface area contributed by atoms with Gasteiger partial charge in [-0.3, -0.25) is 0 Å². The number of nitrogens with zero attached hydrogens (tertiary/aromatic N) is 4. The number of hydrogen-bond acceptors (Lipinski definition) is 6. The number of aromatic nitrogens is 2. The highest BCUT2D eigenvalue weighted by Crippen LogP contribution is 2.41. The van der Waals surface area contributed by atoms with E-state index < -0.39 is 11.6 Å². The van der Waals surface area contributed by atoms with Crippen LogP contribution < -0.4 is 15.5 Å². The van der Waals surface area contributed by atoms with Gasteiger partial charge in [0.05, 0.1) is 0 Å². The number of halogens is 2. The van der Waals surface area contributed by atoms with Gasteiger partial charge in [-0.15, -0.1) is 0 Å². The summed E-state index contributed by atoms with van der Waals surface area (Å²) in [5.41, 5.74) is 0.843. The Morgan fingerprint density at radius 1 is 1.12 bits per heavy atom. The second kappa shape index (κ2) is 9.27. The van der Waals surface area contributed by atoms with Crippen molar-refractivity contribution in [2.24, 2.45) is 5.41 Å². The summed E-state index contributed by atoms with van der Waals surface area (Å²) in [4.78, 5) is 14.0. The first-order valence-electron chi connectivity index (χ1n) is 11.8. The van der Waals surface area contributed by atoms with E-state index in [4.69, 9.17) is 0 Å². The number of anilines is 2. The standard InChI is InChI=1S/C24H32F2N6/c25-19-4-3-18(21(26)14-19)15-29-22-5-10-28-23(30-22)32-12-7-24(8-13-32)6-11-31(17-24)16-20-2-1-9-27-20/h3-5,10,14,20,27H,1-2,6-9,11-13,15-17H2,(H,28,29,30). The smallest absolute Gasteiger partial charge is 0.227 e. The number of likely N-dealkylation sites (tertiary alicyclic amines) is 1. The van der Waals surface area contributed by atoms with E-state index in [2.05, 4.69) is 30.4 Å². The maximum Gasteiger partial charge on any atom is 0.227 e. The normalized spacial score (nSPS) is 23.2. The molecule has 0 saturated carbocycles. The van der Waals surface area contributed by atoms with E-state index in [0.29, 0.717) is 22.8 Å². The van der Waals surface area contributed by atoms with Crippen LogP contribution in [0.3, 0.4) is 0 Å². The van der Waals surface area contributed by atoms with Gasteiger partial charge in [0.2, 0.25) is 5.95 Å². The molecule has 0 aliphatic carbocycles. The predicted molar refractivity (Wildman–Crippen MR) is 122 cm³/mol. The quantitative estimate of drug-likeness (QED) is 0.715. The second-order valence-electron chi connectivity index (χ2n) is 9.60. The molecular weight excluding hydrogens is 410 g/mol. The van der Waals surface area contributed by atoms with Crippen LogP contribution in [0.25, 0.3) is 0 Å². The van der Waals surface area contributed by atoms with Crippen molar-refractivity contribution in [2.45, 2.75) is 44.7 Å². The maximum atomic E-state index is 13.9. The van der Waals surface area contributed by atoms with Gasteiger partial charge in [0, 0.05) is 56.6 Å². The van der Waals surface area contributed by atoms with Crippen LogP contribution in [0.5, 0.6) is 0 Å². The third-order valence-corrected chi connectivity index (χ3v) is 7.38. The second-order valence-corrected chi connectivity index (χ2v) is 9.60. The van der Waals surface area contributed by atoms with Crippen LogP contribution in [0.1, 0.15) is 37.7 Å². The lowest BCUT2D eigenvalue weighted by molar-refractivity contribution is 0.201. The van der Waals surface area contributed by atoms with Crippen LogP contribution in [0.2, 0.25) is 0 Å². The van der Waals surface area contributed by atoms with Crippen molar-refractivity contribution in [1.29, 1.82) is 0 Å². The fraction of sp³-hybridized carbons (Fsp3) is 0.583. The van der Waals surface area contributed by atoms with Crippen molar-refractivity contribution in [1.82, 2.24) is 20.2 Å². The summed E-state index contributed by atoms with van der Waals surface area (Å²) in [5.74, 6) is 0.242. The first-order valence-corrected chi connectivity index (χ1v) is 11.8. The Kier molecular flexibility index (Phi) is 6.24. The van der Waals surface area contributed by atoms with Gasteiger partial charge in [-0.05, 0) is 62.7 Å². The number of benzene rings is 1. The average Bonchev–Trinajstić information content (AvgIpc) is 3.45. The Morgan fingerprint density at radius 2 is 1.97 bits per heavy atom. The number of hydrogen-bond donors (Lipinski definition) is 2. The molecule has 2 N–H and O–H groups in total. The summed E-state index contributed by atoms with van der Waals surface area (Å²) in [5, 5.41) is 6.76. The Morgan fingerprint density at radius 3 is 2.75 bits per heavy atom. The van der Waals surface area contributed by atoms with E-state index >= 15 is 0 Å². The molecule has 32 heavy (non-hydrogen) atoms. The SMILES string of the molecule is Fc1ccc(CNc2ccnc(N3CCC4(CCN(CC5CCCN5)C4)CC3)n2)c(F)c1. The highest BCUT2D eigenvalue weighted by molar-refractivity contribution is 5.42. The Balaban J connectivity index is 1.15. The molecule has 8 heteroatoms. The van der Waals surface area contributed by atoms with E-state index in [9.17, 15) is 8.78 Å². The van der Waals surface area contributed by atoms with Crippen molar-refractivity contribution in [2.75, 3.05) is 49.5 Å². The molecule has 4 heterocycles. The molecule has 3 saturated heterocycles. The van der Waals surface area contributed by atoms with Crippen LogP contribution in [0, 0.1) is 17.0 Å². The van der Waals surface area contributed by atoms with E-state index in [1.165, 1.54) is 70.4 Å². The predicted octanol–water partition coefficient (Wildman–Crippen LogP) is 3.41. The number of rotatable bonds is 6. The zero-order chi connectivity index (χ0) is 22.0. The van der Waals surface area contributed by atoms with Gasteiger partial charge in [-0.1, -0.05) is 6.07 Å². The van der Waals surface area contributed by atoms with E-state index in [0.717, 1.165) is 25.1 Å². The Hall–Kier alpha value is -2.32. The molecule has 5 rings (SSSR count). The summed E-state index contributed by atoms with van der Waals surface area (Å²) in [6.07, 6.45) is 7.99. The largest absolute Gasteiger partial charge is 0.366 e. The highest BCUT2D eigenvalue weighted by atomic mass is 19.1. The molecule has 2 aromatic rings. The summed E-state index contributed by atoms with van der Waals surface area (Å²) < 4.78 is 27.0. The number of piperidine rings is 1. The van der Waals surface area contributed by atoms with Gasteiger partial charge in [-0.2, -0.15) is 4.98 Å². The third-order valence-electron chi connectivity index (χ3n) is 7.38. The highest BCUT2D eigenvalue weighted by Gasteiger charge is 2.41. The molecule has 1 aromatic heterocycles. The van der Waals surface area contributed by atoms with Gasteiger partial charge in [0.1, 0.15) is 17.5 Å². The summed E-state index contributed by atoms with van der Waals surface area (Å²) in [6.45, 7) is 6.97. The molecule has 172 valence electrons. The minimum atomic E-state index is -0.570. The average molecular weight is 443 g/mol. The van der Waals surface area contributed by atoms with Gasteiger partial charge < -0.3 is 20.4 Å². The van der Waals surface area contributed by atoms with Crippen molar-refractivity contribution in [3.05, 3.63) is 47.7 Å². The fourth-order valence-electron chi connectivity index (χ4n) is 5.45. The molecule has 3 aliphatic heterocycles. The molecule has 6 nitrogen and oxygen atoms in total. The lowest BCUT2D eigenvalue weighted by Crippen LogP contribution is -2.43. The Bertz CT molecular complexity index is 924. The minimum absolute atomic E-state index is 0.247. The Labute approximate surface area is 188 Å². The minimum Gasteiger partial charge on any atom is -0.366 e. The van der Waals surface area contributed by atoms with Crippen molar-refractivity contribution in [3.8, 4) is 0 Å². The monoisotopic (exact) mass is 442 g/mol. The van der Waals surface area contributed by atoms with E-state index in [1.807, 2.05) is 0 Å². The van der Waals surface area contributed by atoms with Crippen LogP contribution in [-0.2, 0) is 6.54 Å². The van der Waals surface area contributed by atoms with Crippen molar-refractivity contribution >= 4 is 11.8 Å². The molecule has 3 aliphatic rings. The fourth-order valence-corrected chi connectivity index (χ4v) is 5.45. The van der Waals surface area contributed by atoms with Crippen molar-refractivity contribution in [3.63, 3.8) is 0 Å². The molecule has 1 atom stereocenters. The molecule has 0 radical (unpaired) electrons. The third kappa shape index (κ3) is 4.86. The molecule has 1 aromatic carbocycles. The van der Waals surface area contributed by atoms with Gasteiger partial charge in [0.25, 0.3) is 0 Å². The summed E-state index contributed by atoms with van der Waals surface area (Å²) >= 11 is 0. The van der Waals surface area contributed by atoms with Crippen LogP contribution in [0.15, 0.2) is 30.5 Å². The van der Waals surface area contributed by atoms with Crippen LogP contribution in [0.4, 0.5) is 20.5 Å². The first-order chi connectivity index (χ1) is 15.6.